The minimum atomic E-state index is 0.156. The van der Waals surface area contributed by atoms with Gasteiger partial charge in [0.05, 0.1) is 0 Å². The molecule has 0 N–H and O–H groups in total. The first kappa shape index (κ1) is 23.7. The SMILES string of the molecule is Cc1ccc(C(=O)N(CC(C)C)CC2CN(Cc3sccc3C)CC2c2ccccc2)cc1. The number of carbonyl (C=O) groups is 1. The molecule has 174 valence electrons. The van der Waals surface area contributed by atoms with E-state index in [4.69, 9.17) is 0 Å². The van der Waals surface area contributed by atoms with E-state index in [1.807, 2.05) is 35.6 Å². The summed E-state index contributed by atoms with van der Waals surface area (Å²) in [6, 6.07) is 21.1. The molecule has 2 atom stereocenters. The molecule has 2 heterocycles. The minimum absolute atomic E-state index is 0.156. The average molecular weight is 461 g/mol. The molecular weight excluding hydrogens is 424 g/mol. The maximum Gasteiger partial charge on any atom is 0.253 e. The Hall–Kier alpha value is -2.43. The monoisotopic (exact) mass is 460 g/mol. The topological polar surface area (TPSA) is 23.6 Å². The molecule has 1 aromatic heterocycles. The third kappa shape index (κ3) is 5.93. The lowest BCUT2D eigenvalue weighted by atomic mass is 9.88. The van der Waals surface area contributed by atoms with Crippen LogP contribution in [0.3, 0.4) is 0 Å². The molecule has 0 radical (unpaired) electrons. The van der Waals surface area contributed by atoms with E-state index in [9.17, 15) is 4.79 Å². The van der Waals surface area contributed by atoms with Gasteiger partial charge in [-0.2, -0.15) is 0 Å². The van der Waals surface area contributed by atoms with E-state index in [-0.39, 0.29) is 5.91 Å². The molecule has 1 aliphatic rings. The highest BCUT2D eigenvalue weighted by Gasteiger charge is 2.36. The Bertz CT molecular complexity index is 1040. The number of likely N-dealkylation sites (tertiary alicyclic amines) is 1. The van der Waals surface area contributed by atoms with Gasteiger partial charge < -0.3 is 4.90 Å². The second-order valence-corrected chi connectivity index (χ2v) is 11.0. The number of aryl methyl sites for hydroxylation is 2. The molecule has 0 spiro atoms. The molecule has 2 aromatic carbocycles. The van der Waals surface area contributed by atoms with E-state index in [1.54, 1.807) is 0 Å². The Morgan fingerprint density at radius 3 is 2.39 bits per heavy atom. The number of hydrogen-bond acceptors (Lipinski definition) is 3. The summed E-state index contributed by atoms with van der Waals surface area (Å²) < 4.78 is 0. The van der Waals surface area contributed by atoms with Crippen LogP contribution >= 0.6 is 11.3 Å². The number of rotatable bonds is 8. The summed E-state index contributed by atoms with van der Waals surface area (Å²) in [6.07, 6.45) is 0. The highest BCUT2D eigenvalue weighted by atomic mass is 32.1. The molecule has 4 rings (SSSR count). The number of thiophene rings is 1. The molecule has 1 saturated heterocycles. The van der Waals surface area contributed by atoms with Gasteiger partial charge in [0.1, 0.15) is 0 Å². The normalized spacial score (nSPS) is 18.7. The second kappa shape index (κ2) is 10.7. The van der Waals surface area contributed by atoms with Crippen molar-refractivity contribution in [2.24, 2.45) is 11.8 Å². The molecule has 1 fully saturated rings. The largest absolute Gasteiger partial charge is 0.338 e. The van der Waals surface area contributed by atoms with Crippen molar-refractivity contribution in [3.8, 4) is 0 Å². The van der Waals surface area contributed by atoms with Gasteiger partial charge in [0, 0.05) is 49.1 Å². The van der Waals surface area contributed by atoms with Crippen LogP contribution in [0.5, 0.6) is 0 Å². The fraction of sp³-hybridized carbons (Fsp3) is 0.414. The lowest BCUT2D eigenvalue weighted by Gasteiger charge is -2.30. The fourth-order valence-corrected chi connectivity index (χ4v) is 5.91. The summed E-state index contributed by atoms with van der Waals surface area (Å²) in [5, 5.41) is 2.19. The minimum Gasteiger partial charge on any atom is -0.338 e. The van der Waals surface area contributed by atoms with E-state index >= 15 is 0 Å². The van der Waals surface area contributed by atoms with Crippen LogP contribution < -0.4 is 0 Å². The zero-order chi connectivity index (χ0) is 23.4. The first-order valence-electron chi connectivity index (χ1n) is 12.1. The van der Waals surface area contributed by atoms with E-state index in [2.05, 4.69) is 79.3 Å². The van der Waals surface area contributed by atoms with E-state index in [0.717, 1.165) is 38.3 Å². The molecule has 1 amide bonds. The van der Waals surface area contributed by atoms with Crippen LogP contribution in [-0.4, -0.2) is 41.9 Å². The predicted octanol–water partition coefficient (Wildman–Crippen LogP) is 6.38. The van der Waals surface area contributed by atoms with E-state index in [1.165, 1.54) is 21.6 Å². The first-order chi connectivity index (χ1) is 15.9. The van der Waals surface area contributed by atoms with Gasteiger partial charge in [-0.25, -0.2) is 0 Å². The Kier molecular flexibility index (Phi) is 7.67. The van der Waals surface area contributed by atoms with Gasteiger partial charge >= 0.3 is 0 Å². The molecule has 33 heavy (non-hydrogen) atoms. The van der Waals surface area contributed by atoms with Gasteiger partial charge in [0.15, 0.2) is 0 Å². The van der Waals surface area contributed by atoms with Crippen LogP contribution in [0, 0.1) is 25.7 Å². The van der Waals surface area contributed by atoms with Crippen molar-refractivity contribution in [1.82, 2.24) is 9.80 Å². The Morgan fingerprint density at radius 1 is 1.03 bits per heavy atom. The van der Waals surface area contributed by atoms with Gasteiger partial charge in [-0.15, -0.1) is 11.3 Å². The van der Waals surface area contributed by atoms with Crippen molar-refractivity contribution in [3.05, 3.63) is 93.2 Å². The molecule has 4 heteroatoms. The predicted molar refractivity (Wildman–Crippen MR) is 139 cm³/mol. The molecule has 1 aliphatic heterocycles. The number of hydrogen-bond donors (Lipinski definition) is 0. The summed E-state index contributed by atoms with van der Waals surface area (Å²) >= 11 is 1.85. The highest BCUT2D eigenvalue weighted by Crippen LogP contribution is 2.35. The summed E-state index contributed by atoms with van der Waals surface area (Å²) in [4.78, 5) is 19.7. The molecule has 0 bridgehead atoms. The van der Waals surface area contributed by atoms with Gasteiger partial charge in [-0.3, -0.25) is 9.69 Å². The van der Waals surface area contributed by atoms with Gasteiger partial charge in [0.25, 0.3) is 5.91 Å². The molecule has 3 aromatic rings. The number of benzene rings is 2. The zero-order valence-corrected chi connectivity index (χ0v) is 21.1. The van der Waals surface area contributed by atoms with Gasteiger partial charge in [-0.05, 0) is 60.4 Å². The second-order valence-electron chi connectivity index (χ2n) is 9.97. The smallest absolute Gasteiger partial charge is 0.253 e. The summed E-state index contributed by atoms with van der Waals surface area (Å²) in [6.45, 7) is 13.3. The van der Waals surface area contributed by atoms with E-state index in [0.29, 0.717) is 17.8 Å². The molecule has 2 unspecified atom stereocenters. The van der Waals surface area contributed by atoms with Gasteiger partial charge in [-0.1, -0.05) is 61.9 Å². The van der Waals surface area contributed by atoms with E-state index < -0.39 is 0 Å². The highest BCUT2D eigenvalue weighted by molar-refractivity contribution is 7.10. The standard InChI is InChI=1S/C29H36N2OS/c1-21(2)16-31(29(32)25-12-10-22(3)11-13-25)18-26-17-30(20-28-23(4)14-15-33-28)19-27(26)24-8-6-5-7-9-24/h5-15,21,26-27H,16-20H2,1-4H3. The van der Waals surface area contributed by atoms with Crippen molar-refractivity contribution >= 4 is 17.2 Å². The van der Waals surface area contributed by atoms with Gasteiger partial charge in [0.2, 0.25) is 0 Å². The van der Waals surface area contributed by atoms with Crippen LogP contribution in [0.2, 0.25) is 0 Å². The summed E-state index contributed by atoms with van der Waals surface area (Å²) in [5.41, 5.74) is 4.75. The average Bonchev–Trinajstić information content (AvgIpc) is 3.39. The number of carbonyl (C=O) groups excluding carboxylic acids is 1. The quantitative estimate of drug-likeness (QED) is 0.389. The van der Waals surface area contributed by atoms with Crippen molar-refractivity contribution in [2.75, 3.05) is 26.2 Å². The van der Waals surface area contributed by atoms with Crippen LogP contribution in [0.1, 0.15) is 51.7 Å². The summed E-state index contributed by atoms with van der Waals surface area (Å²) in [5.74, 6) is 1.44. The molecular formula is C29H36N2OS. The first-order valence-corrected chi connectivity index (χ1v) is 12.9. The van der Waals surface area contributed by atoms with Crippen molar-refractivity contribution in [3.63, 3.8) is 0 Å². The van der Waals surface area contributed by atoms with Crippen LogP contribution in [0.15, 0.2) is 66.0 Å². The lowest BCUT2D eigenvalue weighted by Crippen LogP contribution is -2.39. The zero-order valence-electron chi connectivity index (χ0n) is 20.3. The van der Waals surface area contributed by atoms with Crippen molar-refractivity contribution < 1.29 is 4.79 Å². The molecule has 0 aliphatic carbocycles. The summed E-state index contributed by atoms with van der Waals surface area (Å²) in [7, 11) is 0. The van der Waals surface area contributed by atoms with Crippen molar-refractivity contribution in [1.29, 1.82) is 0 Å². The van der Waals surface area contributed by atoms with Crippen molar-refractivity contribution in [2.45, 2.75) is 40.2 Å². The third-order valence-electron chi connectivity index (χ3n) is 6.71. The Balaban J connectivity index is 1.57. The van der Waals surface area contributed by atoms with Crippen LogP contribution in [-0.2, 0) is 6.54 Å². The van der Waals surface area contributed by atoms with Crippen LogP contribution in [0.4, 0.5) is 0 Å². The Morgan fingerprint density at radius 2 is 1.76 bits per heavy atom. The number of nitrogens with zero attached hydrogens (tertiary/aromatic N) is 2. The Labute approximate surface area is 203 Å². The lowest BCUT2D eigenvalue weighted by molar-refractivity contribution is 0.0703. The molecule has 3 nitrogen and oxygen atoms in total. The number of amides is 1. The fourth-order valence-electron chi connectivity index (χ4n) is 4.96. The molecule has 0 saturated carbocycles. The maximum atomic E-state index is 13.5. The maximum absolute atomic E-state index is 13.5. The van der Waals surface area contributed by atoms with Crippen LogP contribution in [0.25, 0.3) is 0 Å². The third-order valence-corrected chi connectivity index (χ3v) is 7.71.